The van der Waals surface area contributed by atoms with E-state index in [1.807, 2.05) is 32.3 Å². The Morgan fingerprint density at radius 1 is 1.24 bits per heavy atom. The van der Waals surface area contributed by atoms with Crippen LogP contribution in [0.2, 0.25) is 0 Å². The summed E-state index contributed by atoms with van der Waals surface area (Å²) < 4.78 is 0. The van der Waals surface area contributed by atoms with Crippen molar-refractivity contribution in [3.63, 3.8) is 0 Å². The molecule has 0 saturated carbocycles. The number of hydrogen-bond donors (Lipinski definition) is 1. The second kappa shape index (κ2) is 5.40. The number of nitrogens with two attached hydrogens (primary N) is 1. The average Bonchev–Trinajstić information content (AvgIpc) is 2.72. The summed E-state index contributed by atoms with van der Waals surface area (Å²) in [6.07, 6.45) is 0. The van der Waals surface area contributed by atoms with E-state index >= 15 is 0 Å². The predicted octanol–water partition coefficient (Wildman–Crippen LogP) is 2.33. The van der Waals surface area contributed by atoms with Crippen LogP contribution in [0.4, 0.5) is 0 Å². The van der Waals surface area contributed by atoms with Crippen LogP contribution in [0.1, 0.15) is 10.7 Å². The molecule has 2 aromatic rings. The molecule has 2 rings (SSSR count). The molecule has 3 nitrogen and oxygen atoms in total. The van der Waals surface area contributed by atoms with Gasteiger partial charge in [0.1, 0.15) is 5.01 Å². The summed E-state index contributed by atoms with van der Waals surface area (Å²) in [4.78, 5) is 7.92. The first-order valence-electron chi connectivity index (χ1n) is 5.59. The van der Waals surface area contributed by atoms with Gasteiger partial charge >= 0.3 is 0 Å². The van der Waals surface area contributed by atoms with Crippen LogP contribution in [-0.4, -0.2) is 24.0 Å². The van der Waals surface area contributed by atoms with Crippen molar-refractivity contribution in [2.75, 3.05) is 14.1 Å². The van der Waals surface area contributed by atoms with Crippen LogP contribution in [0.5, 0.6) is 0 Å². The molecule has 0 amide bonds. The maximum atomic E-state index is 5.76. The second-order valence-corrected chi connectivity index (χ2v) is 5.27. The van der Waals surface area contributed by atoms with E-state index in [-0.39, 0.29) is 0 Å². The monoisotopic (exact) mass is 247 g/mol. The molecule has 0 bridgehead atoms. The zero-order chi connectivity index (χ0) is 12.3. The molecular weight excluding hydrogens is 230 g/mol. The summed E-state index contributed by atoms with van der Waals surface area (Å²) in [6, 6.07) is 10.3. The number of rotatable bonds is 4. The highest BCUT2D eigenvalue weighted by molar-refractivity contribution is 7.15. The van der Waals surface area contributed by atoms with E-state index in [0.717, 1.165) is 17.2 Å². The Balaban J connectivity index is 2.36. The third-order valence-electron chi connectivity index (χ3n) is 2.42. The molecule has 4 heteroatoms. The first kappa shape index (κ1) is 12.2. The van der Waals surface area contributed by atoms with Crippen LogP contribution >= 0.6 is 11.3 Å². The minimum Gasteiger partial charge on any atom is -0.325 e. The molecule has 0 spiro atoms. The SMILES string of the molecule is CN(C)Cc1nc(CN)c(-c2ccccc2)s1. The molecule has 1 aromatic heterocycles. The lowest BCUT2D eigenvalue weighted by molar-refractivity contribution is 0.401. The lowest BCUT2D eigenvalue weighted by Crippen LogP contribution is -2.10. The van der Waals surface area contributed by atoms with Gasteiger partial charge < -0.3 is 10.6 Å². The normalized spacial score (nSPS) is 11.1. The van der Waals surface area contributed by atoms with E-state index in [2.05, 4.69) is 22.0 Å². The lowest BCUT2D eigenvalue weighted by Gasteiger charge is -2.04. The van der Waals surface area contributed by atoms with Crippen LogP contribution in [0.3, 0.4) is 0 Å². The quantitative estimate of drug-likeness (QED) is 0.901. The molecule has 0 fully saturated rings. The maximum absolute atomic E-state index is 5.76. The number of nitrogens with zero attached hydrogens (tertiary/aromatic N) is 2. The summed E-state index contributed by atoms with van der Waals surface area (Å²) in [5.74, 6) is 0. The fourth-order valence-electron chi connectivity index (χ4n) is 1.69. The highest BCUT2D eigenvalue weighted by Gasteiger charge is 2.11. The molecule has 0 radical (unpaired) electrons. The molecular formula is C13H17N3S. The summed E-state index contributed by atoms with van der Waals surface area (Å²) in [6.45, 7) is 1.36. The van der Waals surface area contributed by atoms with Crippen molar-refractivity contribution in [1.82, 2.24) is 9.88 Å². The van der Waals surface area contributed by atoms with E-state index in [9.17, 15) is 0 Å². The Kier molecular flexibility index (Phi) is 3.89. The van der Waals surface area contributed by atoms with Crippen LogP contribution in [-0.2, 0) is 13.1 Å². The number of benzene rings is 1. The van der Waals surface area contributed by atoms with Crippen molar-refractivity contribution in [3.8, 4) is 10.4 Å². The molecule has 17 heavy (non-hydrogen) atoms. The largest absolute Gasteiger partial charge is 0.325 e. The zero-order valence-corrected chi connectivity index (χ0v) is 11.0. The van der Waals surface area contributed by atoms with E-state index < -0.39 is 0 Å². The summed E-state index contributed by atoms with van der Waals surface area (Å²) in [7, 11) is 4.09. The Hall–Kier alpha value is -1.23. The van der Waals surface area contributed by atoms with E-state index in [4.69, 9.17) is 5.73 Å². The fourth-order valence-corrected chi connectivity index (χ4v) is 2.91. The number of aromatic nitrogens is 1. The standard InChI is InChI=1S/C13H17N3S/c1-16(2)9-12-15-11(8-14)13(17-12)10-6-4-3-5-7-10/h3-7H,8-9,14H2,1-2H3. The molecule has 0 aliphatic carbocycles. The highest BCUT2D eigenvalue weighted by atomic mass is 32.1. The van der Waals surface area contributed by atoms with E-state index in [0.29, 0.717) is 6.54 Å². The molecule has 1 heterocycles. The predicted molar refractivity (Wildman–Crippen MR) is 72.8 cm³/mol. The first-order chi connectivity index (χ1) is 8.20. The average molecular weight is 247 g/mol. The van der Waals surface area contributed by atoms with E-state index in [1.165, 1.54) is 10.4 Å². The Labute approximate surface area is 106 Å². The van der Waals surface area contributed by atoms with Crippen molar-refractivity contribution < 1.29 is 0 Å². The molecule has 0 atom stereocenters. The smallest absolute Gasteiger partial charge is 0.108 e. The van der Waals surface area contributed by atoms with Crippen molar-refractivity contribution in [2.45, 2.75) is 13.1 Å². The summed E-state index contributed by atoms with van der Waals surface area (Å²) >= 11 is 1.73. The third-order valence-corrected chi connectivity index (χ3v) is 3.55. The van der Waals surface area contributed by atoms with Gasteiger partial charge in [-0.1, -0.05) is 30.3 Å². The minimum absolute atomic E-state index is 0.494. The van der Waals surface area contributed by atoms with Crippen LogP contribution in [0.15, 0.2) is 30.3 Å². The van der Waals surface area contributed by atoms with Gasteiger partial charge in [0.2, 0.25) is 0 Å². The van der Waals surface area contributed by atoms with Crippen LogP contribution in [0.25, 0.3) is 10.4 Å². The Bertz CT molecular complexity index is 477. The zero-order valence-electron chi connectivity index (χ0n) is 10.2. The van der Waals surface area contributed by atoms with Gasteiger partial charge in [-0.25, -0.2) is 4.98 Å². The van der Waals surface area contributed by atoms with Gasteiger partial charge in [0.25, 0.3) is 0 Å². The van der Waals surface area contributed by atoms with E-state index in [1.54, 1.807) is 11.3 Å². The van der Waals surface area contributed by atoms with Gasteiger partial charge in [-0.2, -0.15) is 0 Å². The number of thiazole rings is 1. The molecule has 1 aromatic carbocycles. The maximum Gasteiger partial charge on any atom is 0.108 e. The Morgan fingerprint density at radius 3 is 2.53 bits per heavy atom. The molecule has 0 saturated heterocycles. The van der Waals surface area contributed by atoms with Crippen molar-refractivity contribution in [2.24, 2.45) is 5.73 Å². The topological polar surface area (TPSA) is 42.2 Å². The van der Waals surface area contributed by atoms with Gasteiger partial charge in [-0.3, -0.25) is 0 Å². The molecule has 0 aliphatic heterocycles. The van der Waals surface area contributed by atoms with Crippen molar-refractivity contribution in [1.29, 1.82) is 0 Å². The van der Waals surface area contributed by atoms with Gasteiger partial charge in [-0.05, 0) is 19.7 Å². The van der Waals surface area contributed by atoms with Gasteiger partial charge in [0.05, 0.1) is 10.6 Å². The second-order valence-electron chi connectivity index (χ2n) is 4.19. The summed E-state index contributed by atoms with van der Waals surface area (Å²) in [5, 5.41) is 1.12. The highest BCUT2D eigenvalue weighted by Crippen LogP contribution is 2.30. The van der Waals surface area contributed by atoms with Crippen molar-refractivity contribution in [3.05, 3.63) is 41.0 Å². The van der Waals surface area contributed by atoms with Gasteiger partial charge in [0.15, 0.2) is 0 Å². The summed E-state index contributed by atoms with van der Waals surface area (Å²) in [5.41, 5.74) is 7.97. The molecule has 0 unspecified atom stereocenters. The Morgan fingerprint density at radius 2 is 1.94 bits per heavy atom. The van der Waals surface area contributed by atoms with Crippen LogP contribution in [0, 0.1) is 0 Å². The fraction of sp³-hybridized carbons (Fsp3) is 0.308. The van der Waals surface area contributed by atoms with Gasteiger partial charge in [0, 0.05) is 13.1 Å². The minimum atomic E-state index is 0.494. The van der Waals surface area contributed by atoms with Crippen LogP contribution < -0.4 is 5.73 Å². The molecule has 0 aliphatic rings. The first-order valence-corrected chi connectivity index (χ1v) is 6.41. The molecule has 90 valence electrons. The van der Waals surface area contributed by atoms with Gasteiger partial charge in [-0.15, -0.1) is 11.3 Å². The lowest BCUT2D eigenvalue weighted by atomic mass is 10.1. The third kappa shape index (κ3) is 2.91. The number of hydrogen-bond acceptors (Lipinski definition) is 4. The van der Waals surface area contributed by atoms with Crippen molar-refractivity contribution >= 4 is 11.3 Å². The molecule has 2 N–H and O–H groups in total.